The van der Waals surface area contributed by atoms with E-state index in [1.165, 1.54) is 69.3 Å². The molecule has 12 heteroatoms. The topological polar surface area (TPSA) is 120 Å². The Morgan fingerprint density at radius 3 is 0.888 bits per heavy atom. The monoisotopic (exact) mass is 1570 g/mol. The summed E-state index contributed by atoms with van der Waals surface area (Å²) in [6, 6.07) is 40.0. The van der Waals surface area contributed by atoms with Gasteiger partial charge in [0, 0.05) is 137 Å². The molecule has 0 radical (unpaired) electrons. The van der Waals surface area contributed by atoms with Gasteiger partial charge in [0.05, 0.1) is 22.3 Å². The van der Waals surface area contributed by atoms with Crippen LogP contribution in [0, 0.1) is 77.9 Å². The molecule has 4 aromatic carbocycles. The summed E-state index contributed by atoms with van der Waals surface area (Å²) in [6.07, 6.45) is 5.12. The van der Waals surface area contributed by atoms with Gasteiger partial charge in [-0.1, -0.05) is 159 Å². The van der Waals surface area contributed by atoms with Crippen LogP contribution < -0.4 is 18.3 Å². The molecule has 0 spiro atoms. The molecule has 0 fully saturated rings. The summed E-state index contributed by atoms with van der Waals surface area (Å²) in [4.78, 5) is 18.8. The fourth-order valence-corrected chi connectivity index (χ4v) is 15.8. The predicted octanol–water partition coefficient (Wildman–Crippen LogP) is 25.3. The first-order valence-corrected chi connectivity index (χ1v) is 40.3. The Kier molecular flexibility index (Phi) is 17.9. The van der Waals surface area contributed by atoms with Crippen LogP contribution in [-0.2, 0) is 66.6 Å². The van der Waals surface area contributed by atoms with Crippen molar-refractivity contribution >= 4 is 88.3 Å². The molecular formula is C104H124N8O4+4. The molecule has 2 atom stereocenters. The van der Waals surface area contributed by atoms with Gasteiger partial charge in [0.2, 0.25) is 45.6 Å². The number of aromatic nitrogens is 8. The van der Waals surface area contributed by atoms with Gasteiger partial charge in [0.1, 0.15) is 28.2 Å². The predicted molar refractivity (Wildman–Crippen MR) is 481 cm³/mol. The summed E-state index contributed by atoms with van der Waals surface area (Å²) in [6.45, 7) is 29.1. The molecule has 12 heterocycles. The normalized spacial score (nSPS) is 16.1. The van der Waals surface area contributed by atoms with Crippen LogP contribution in [0.3, 0.4) is 0 Å². The molecule has 2 unspecified atom stereocenters. The Balaban J connectivity index is 0.000000152. The number of benzene rings is 4. The Hall–Kier alpha value is -10.7. The van der Waals surface area contributed by atoms with Gasteiger partial charge in [0.25, 0.3) is 0 Å². The molecule has 0 aliphatic heterocycles. The van der Waals surface area contributed by atoms with Crippen LogP contribution in [0.25, 0.3) is 133 Å². The minimum Gasteiger partial charge on any atom is -0.437 e. The van der Waals surface area contributed by atoms with E-state index in [-0.39, 0.29) is 39.0 Å². The lowest BCUT2D eigenvalue weighted by Crippen LogP contribution is -2.32. The zero-order valence-corrected chi connectivity index (χ0v) is 72.1. The summed E-state index contributed by atoms with van der Waals surface area (Å²) >= 11 is 0. The number of aryl methyl sites for hydroxylation is 14. The van der Waals surface area contributed by atoms with E-state index < -0.39 is 51.9 Å². The van der Waals surface area contributed by atoms with Gasteiger partial charge in [-0.05, 0) is 221 Å². The van der Waals surface area contributed by atoms with E-state index in [0.717, 1.165) is 150 Å². The lowest BCUT2D eigenvalue weighted by molar-refractivity contribution is -0.660. The van der Waals surface area contributed by atoms with Gasteiger partial charge in [-0.2, -0.15) is 0 Å². The van der Waals surface area contributed by atoms with Gasteiger partial charge < -0.3 is 17.7 Å². The zero-order valence-electron chi connectivity index (χ0n) is 90.1. The van der Waals surface area contributed by atoms with E-state index in [0.29, 0.717) is 51.0 Å². The molecule has 12 nitrogen and oxygen atoms in total. The molecular weight excluding hydrogens is 1430 g/mol. The van der Waals surface area contributed by atoms with Crippen LogP contribution in [0.15, 0.2) is 164 Å². The van der Waals surface area contributed by atoms with E-state index in [1.54, 1.807) is 23.2 Å². The quantitative estimate of drug-likeness (QED) is 0.0988. The maximum atomic E-state index is 8.77. The molecule has 0 saturated carbocycles. The van der Waals surface area contributed by atoms with Crippen LogP contribution in [0.5, 0.6) is 0 Å². The van der Waals surface area contributed by atoms with Crippen molar-refractivity contribution in [1.82, 2.24) is 19.9 Å². The van der Waals surface area contributed by atoms with Crippen LogP contribution in [0.1, 0.15) is 237 Å². The third-order valence-electron chi connectivity index (χ3n) is 21.8. The van der Waals surface area contributed by atoms with Crippen molar-refractivity contribution < 1.29 is 60.6 Å². The molecule has 116 heavy (non-hydrogen) atoms. The second-order valence-corrected chi connectivity index (χ2v) is 34.6. The Morgan fingerprint density at radius 1 is 0.353 bits per heavy atom. The lowest BCUT2D eigenvalue weighted by atomic mass is 9.86. The fourth-order valence-electron chi connectivity index (χ4n) is 15.8. The SMILES string of the molecule is CCc1ccc2c(n1)oc1c(-c3cc(CC(C)(C)C)c(C)c[n+]3C)c(C)ccc12.Cc1c[n+](C)c(-c2c(C)ccc3c2oc2nc(C(C)C)ccc23)cc1CC(C)(C)C.[2H]C([2H])([2H])c1c[n+](C)c(-c2c(C)ccc3c2oc2nc(C(C)C)ccc23)cc1C([2H])([2H])C([2H])(C)C([2H])([2H])[2H].[2H]C([2H])([2H])c1c[n+](C)c(-c2c(C)ccc3c2oc2nc(CC)ccc23)cc1C([2H])([2H])C([2H])(C)C([2H])([2H])[2H]. The van der Waals surface area contributed by atoms with Crippen LogP contribution >= 0.6 is 0 Å². The molecule has 0 bridgehead atoms. The maximum absolute atomic E-state index is 8.77. The standard InChI is InChI=1S/C27H33N2O.2C26H31N2O.C25H29N2O/c1-16(2)22-12-11-21-20-10-9-17(3)24(25(20)30-26(21)28-22)23-13-19(14-27(5,6)7)18(4)15-29(23)8;1-15(2)12-19-13-23(28(7)14-18(19)6)24-17(5)8-9-20-21-10-11-22(16(3)4)27-26(21)29-25(20)24;1-8-19-10-12-21-20-11-9-16(2)23(24(20)29-25(21)27-19)22-13-18(14-26(4,5)6)17(3)15-28(22)7;1-7-19-9-11-21-20-10-8-16(4)23(24(20)28-25(21)26-19)22-13-18(12-15(2)3)17(5)14-27(22)6/h9-13,15-16H,14H2,1-8H3;8-11,13-16H,12H2,1-7H3;9-13,15H,8,14H2,1-7H3;8-11,13-15H,7,12H2,1-6H3/q4*+1/i;1D3,6D3,12D2,15D;;2D3,5D3,12D2,15D. The highest BCUT2D eigenvalue weighted by Gasteiger charge is 2.30. The second kappa shape index (κ2) is 33.1. The molecule has 0 amide bonds. The van der Waals surface area contributed by atoms with Crippen LogP contribution in [0.4, 0.5) is 0 Å². The molecule has 12 aromatic heterocycles. The second-order valence-electron chi connectivity index (χ2n) is 34.6. The summed E-state index contributed by atoms with van der Waals surface area (Å²) in [5, 5.41) is 7.64. The number of hydrogen-bond donors (Lipinski definition) is 0. The molecule has 600 valence electrons. The number of pyridine rings is 8. The summed E-state index contributed by atoms with van der Waals surface area (Å²) in [7, 11) is 7.53. The van der Waals surface area contributed by atoms with Crippen molar-refractivity contribution in [3.05, 3.63) is 236 Å². The molecule has 16 rings (SSSR count). The molecule has 0 aliphatic rings. The third kappa shape index (κ3) is 17.1. The average Bonchev–Trinajstić information content (AvgIpc) is 0.788. The first-order chi connectivity index (χ1) is 61.9. The highest BCUT2D eigenvalue weighted by Crippen LogP contribution is 2.43. The highest BCUT2D eigenvalue weighted by atomic mass is 16.4. The van der Waals surface area contributed by atoms with Crippen LogP contribution in [0.2, 0.25) is 0 Å². The van der Waals surface area contributed by atoms with Crippen molar-refractivity contribution in [2.45, 2.75) is 216 Å². The third-order valence-corrected chi connectivity index (χ3v) is 21.8. The smallest absolute Gasteiger partial charge is 0.227 e. The van der Waals surface area contributed by atoms with E-state index >= 15 is 0 Å². The lowest BCUT2D eigenvalue weighted by Gasteiger charge is -2.19. The van der Waals surface area contributed by atoms with E-state index in [9.17, 15) is 0 Å². The largest absolute Gasteiger partial charge is 0.437 e. The Bertz CT molecular complexity index is 7270. The maximum Gasteiger partial charge on any atom is 0.227 e. The van der Waals surface area contributed by atoms with Gasteiger partial charge in [-0.15, -0.1) is 0 Å². The van der Waals surface area contributed by atoms with Crippen LogP contribution in [-0.4, -0.2) is 19.9 Å². The summed E-state index contributed by atoms with van der Waals surface area (Å²) < 4.78 is 180. The molecule has 0 N–H and O–H groups in total. The van der Waals surface area contributed by atoms with Gasteiger partial charge in [-0.25, -0.2) is 38.2 Å². The van der Waals surface area contributed by atoms with Crippen molar-refractivity contribution in [3.63, 3.8) is 0 Å². The van der Waals surface area contributed by atoms with Gasteiger partial charge in [-0.3, -0.25) is 0 Å². The van der Waals surface area contributed by atoms with Crippen molar-refractivity contribution in [2.75, 3.05) is 0 Å². The van der Waals surface area contributed by atoms with Gasteiger partial charge in [0.15, 0.2) is 47.1 Å². The first kappa shape index (κ1) is 62.6. The minimum atomic E-state index is -3.02. The first-order valence-electron chi connectivity index (χ1n) is 49.3. The molecule has 0 aliphatic carbocycles. The number of nitrogens with zero attached hydrogens (tertiary/aromatic N) is 8. The fraction of sp³-hybridized carbons (Fsp3) is 0.385. The number of hydrogen-bond acceptors (Lipinski definition) is 8. The van der Waals surface area contributed by atoms with E-state index in [2.05, 4.69) is 196 Å². The molecule has 16 aromatic rings. The van der Waals surface area contributed by atoms with Gasteiger partial charge >= 0.3 is 0 Å². The summed E-state index contributed by atoms with van der Waals surface area (Å²) in [5.74, 6) is -4.69. The van der Waals surface area contributed by atoms with Crippen molar-refractivity contribution in [2.24, 2.45) is 50.8 Å². The average molecular weight is 1570 g/mol. The molecule has 0 saturated heterocycles. The zero-order chi connectivity index (χ0) is 99.0. The van der Waals surface area contributed by atoms with E-state index in [1.807, 2.05) is 83.1 Å². The Morgan fingerprint density at radius 2 is 0.621 bits per heavy atom. The number of furan rings is 4. The van der Waals surface area contributed by atoms with E-state index in [4.69, 9.17) is 52.3 Å². The Labute approximate surface area is 713 Å². The highest BCUT2D eigenvalue weighted by molar-refractivity contribution is 6.12. The van der Waals surface area contributed by atoms with Crippen molar-refractivity contribution in [3.8, 4) is 45.0 Å². The summed E-state index contributed by atoms with van der Waals surface area (Å²) in [5.41, 5.74) is 24.3. The minimum absolute atomic E-state index is 0.196. The van der Waals surface area contributed by atoms with Crippen molar-refractivity contribution in [1.29, 1.82) is 0 Å². The number of rotatable bonds is 14. The number of fused-ring (bicyclic) bond motifs is 12.